The highest BCUT2D eigenvalue weighted by molar-refractivity contribution is 5.56. The Morgan fingerprint density at radius 1 is 1.14 bits per heavy atom. The van der Waals surface area contributed by atoms with Gasteiger partial charge in [-0.1, -0.05) is 6.07 Å². The van der Waals surface area contributed by atoms with E-state index in [1.54, 1.807) is 0 Å². The summed E-state index contributed by atoms with van der Waals surface area (Å²) in [7, 11) is 2.02. The second-order valence-corrected chi connectivity index (χ2v) is 3.78. The highest BCUT2D eigenvalue weighted by atomic mass is 15.3. The van der Waals surface area contributed by atoms with E-state index in [1.807, 2.05) is 7.05 Å². The van der Waals surface area contributed by atoms with E-state index in [2.05, 4.69) is 43.2 Å². The molecule has 0 unspecified atom stereocenters. The minimum absolute atomic E-state index is 0.656. The average Bonchev–Trinajstić information content (AvgIpc) is 2.11. The van der Waals surface area contributed by atoms with E-state index in [0.29, 0.717) is 6.67 Å². The normalized spacial score (nSPS) is 10.4. The molecule has 0 aromatic heterocycles. The maximum atomic E-state index is 5.29. The summed E-state index contributed by atoms with van der Waals surface area (Å²) in [5.41, 5.74) is 7.81. The second kappa shape index (κ2) is 4.44. The monoisotopic (exact) mass is 193 g/mol. The molecule has 0 aliphatic rings. The summed E-state index contributed by atoms with van der Waals surface area (Å²) in [6, 6.07) is 4.40. The van der Waals surface area contributed by atoms with Crippen LogP contribution in [0.5, 0.6) is 0 Å². The third-order valence-electron chi connectivity index (χ3n) is 2.55. The first-order valence-electron chi connectivity index (χ1n) is 4.78. The molecule has 0 atom stereocenters. The van der Waals surface area contributed by atoms with Crippen LogP contribution in [0.3, 0.4) is 0 Å². The van der Waals surface area contributed by atoms with Gasteiger partial charge in [0.1, 0.15) is 0 Å². The average molecular weight is 193 g/mol. The molecule has 1 aromatic carbocycles. The molecule has 0 radical (unpaired) electrons. The molecule has 3 nitrogen and oxygen atoms in total. The number of rotatable bonds is 3. The SMILES string of the molecule is Cc1cc(C)c(N(C)CNN)cc1C. The van der Waals surface area contributed by atoms with Crippen LogP contribution in [-0.4, -0.2) is 13.7 Å². The number of hydrogen-bond acceptors (Lipinski definition) is 3. The van der Waals surface area contributed by atoms with Crippen molar-refractivity contribution in [3.05, 3.63) is 28.8 Å². The molecule has 1 aromatic rings. The molecule has 0 saturated carbocycles. The van der Waals surface area contributed by atoms with Gasteiger partial charge >= 0.3 is 0 Å². The first-order valence-corrected chi connectivity index (χ1v) is 4.78. The van der Waals surface area contributed by atoms with Crippen molar-refractivity contribution in [1.29, 1.82) is 0 Å². The van der Waals surface area contributed by atoms with Crippen LogP contribution < -0.4 is 16.2 Å². The van der Waals surface area contributed by atoms with E-state index in [0.717, 1.165) is 0 Å². The molecule has 0 amide bonds. The Kier molecular flexibility index (Phi) is 3.49. The van der Waals surface area contributed by atoms with Crippen LogP contribution in [0, 0.1) is 20.8 Å². The summed E-state index contributed by atoms with van der Waals surface area (Å²) in [4.78, 5) is 2.10. The van der Waals surface area contributed by atoms with Crippen LogP contribution in [0.15, 0.2) is 12.1 Å². The van der Waals surface area contributed by atoms with E-state index in [9.17, 15) is 0 Å². The largest absolute Gasteiger partial charge is 0.360 e. The molecule has 0 aliphatic heterocycles. The molecule has 0 saturated heterocycles. The smallest absolute Gasteiger partial charge is 0.0805 e. The van der Waals surface area contributed by atoms with Gasteiger partial charge in [-0.3, -0.25) is 5.84 Å². The van der Waals surface area contributed by atoms with Crippen LogP contribution in [0.25, 0.3) is 0 Å². The van der Waals surface area contributed by atoms with Gasteiger partial charge in [0.2, 0.25) is 0 Å². The van der Waals surface area contributed by atoms with Crippen molar-refractivity contribution < 1.29 is 0 Å². The van der Waals surface area contributed by atoms with Crippen molar-refractivity contribution in [1.82, 2.24) is 5.43 Å². The van der Waals surface area contributed by atoms with Crippen LogP contribution in [0.2, 0.25) is 0 Å². The van der Waals surface area contributed by atoms with Gasteiger partial charge in [0.05, 0.1) is 6.67 Å². The lowest BCUT2D eigenvalue weighted by Crippen LogP contribution is -2.35. The van der Waals surface area contributed by atoms with Gasteiger partial charge in [0, 0.05) is 12.7 Å². The first kappa shape index (κ1) is 11.0. The third-order valence-corrected chi connectivity index (χ3v) is 2.55. The zero-order chi connectivity index (χ0) is 10.7. The van der Waals surface area contributed by atoms with Gasteiger partial charge in [-0.05, 0) is 43.5 Å². The van der Waals surface area contributed by atoms with Crippen molar-refractivity contribution in [3.8, 4) is 0 Å². The van der Waals surface area contributed by atoms with E-state index in [4.69, 9.17) is 5.84 Å². The minimum Gasteiger partial charge on any atom is -0.360 e. The summed E-state index contributed by atoms with van der Waals surface area (Å²) in [5, 5.41) is 0. The van der Waals surface area contributed by atoms with Crippen molar-refractivity contribution >= 4 is 5.69 Å². The fraction of sp³-hybridized carbons (Fsp3) is 0.455. The Bertz CT molecular complexity index is 321. The lowest BCUT2D eigenvalue weighted by atomic mass is 10.0. The quantitative estimate of drug-likeness (QED) is 0.434. The number of nitrogens with zero attached hydrogens (tertiary/aromatic N) is 1. The van der Waals surface area contributed by atoms with E-state index in [-0.39, 0.29) is 0 Å². The van der Waals surface area contributed by atoms with Crippen LogP contribution in [-0.2, 0) is 0 Å². The fourth-order valence-electron chi connectivity index (χ4n) is 1.58. The van der Waals surface area contributed by atoms with Crippen molar-refractivity contribution in [2.45, 2.75) is 20.8 Å². The Labute approximate surface area is 85.9 Å². The minimum atomic E-state index is 0.656. The van der Waals surface area contributed by atoms with Crippen LogP contribution in [0.4, 0.5) is 5.69 Å². The number of nitrogens with two attached hydrogens (primary N) is 1. The standard InChI is InChI=1S/C11H19N3/c1-8-5-10(3)11(6-9(8)2)14(4)7-13-12/h5-6,13H,7,12H2,1-4H3. The molecule has 3 N–H and O–H groups in total. The zero-order valence-corrected chi connectivity index (χ0v) is 9.39. The van der Waals surface area contributed by atoms with E-state index < -0.39 is 0 Å². The van der Waals surface area contributed by atoms with Gasteiger partial charge in [0.15, 0.2) is 0 Å². The Morgan fingerprint density at radius 2 is 1.71 bits per heavy atom. The maximum absolute atomic E-state index is 5.29. The second-order valence-electron chi connectivity index (χ2n) is 3.78. The van der Waals surface area contributed by atoms with Gasteiger partial charge in [-0.25, -0.2) is 5.43 Å². The number of hydrogen-bond donors (Lipinski definition) is 2. The number of anilines is 1. The van der Waals surface area contributed by atoms with Crippen molar-refractivity contribution in [3.63, 3.8) is 0 Å². The van der Waals surface area contributed by atoms with Gasteiger partial charge in [-0.15, -0.1) is 0 Å². The third kappa shape index (κ3) is 2.25. The molecule has 14 heavy (non-hydrogen) atoms. The summed E-state index contributed by atoms with van der Waals surface area (Å²) in [5.74, 6) is 5.29. The summed E-state index contributed by atoms with van der Waals surface area (Å²) < 4.78 is 0. The molecule has 0 fully saturated rings. The van der Waals surface area contributed by atoms with Crippen LogP contribution in [0.1, 0.15) is 16.7 Å². The van der Waals surface area contributed by atoms with Gasteiger partial charge in [0.25, 0.3) is 0 Å². The van der Waals surface area contributed by atoms with E-state index in [1.165, 1.54) is 22.4 Å². The van der Waals surface area contributed by atoms with Gasteiger partial charge in [-0.2, -0.15) is 0 Å². The fourth-order valence-corrected chi connectivity index (χ4v) is 1.58. The predicted octanol–water partition coefficient (Wildman–Crippen LogP) is 1.47. The molecule has 0 bridgehead atoms. The number of benzene rings is 1. The maximum Gasteiger partial charge on any atom is 0.0805 e. The number of aryl methyl sites for hydroxylation is 3. The highest BCUT2D eigenvalue weighted by Gasteiger charge is 2.05. The molecule has 78 valence electrons. The Morgan fingerprint density at radius 3 is 2.29 bits per heavy atom. The Hall–Kier alpha value is -1.06. The first-order chi connectivity index (χ1) is 6.56. The molecular weight excluding hydrogens is 174 g/mol. The van der Waals surface area contributed by atoms with Crippen molar-refractivity contribution in [2.75, 3.05) is 18.6 Å². The molecule has 0 heterocycles. The highest BCUT2D eigenvalue weighted by Crippen LogP contribution is 2.22. The van der Waals surface area contributed by atoms with Gasteiger partial charge < -0.3 is 4.90 Å². The van der Waals surface area contributed by atoms with Crippen molar-refractivity contribution in [2.24, 2.45) is 5.84 Å². The molecule has 0 spiro atoms. The summed E-state index contributed by atoms with van der Waals surface area (Å²) in [6.07, 6.45) is 0. The predicted molar refractivity (Wildman–Crippen MR) is 61.2 cm³/mol. The molecular formula is C11H19N3. The lowest BCUT2D eigenvalue weighted by Gasteiger charge is -2.22. The molecule has 0 aliphatic carbocycles. The molecule has 3 heteroatoms. The Balaban J connectivity index is 3.02. The number of hydrazine groups is 1. The topological polar surface area (TPSA) is 41.3 Å². The summed E-state index contributed by atoms with van der Waals surface area (Å²) in [6.45, 7) is 7.04. The lowest BCUT2D eigenvalue weighted by molar-refractivity contribution is 0.716. The zero-order valence-electron chi connectivity index (χ0n) is 9.39. The number of nitrogens with one attached hydrogen (secondary N) is 1. The summed E-state index contributed by atoms with van der Waals surface area (Å²) >= 11 is 0. The van der Waals surface area contributed by atoms with Crippen LogP contribution >= 0.6 is 0 Å². The van der Waals surface area contributed by atoms with E-state index >= 15 is 0 Å². The molecule has 1 rings (SSSR count).